The molecular formula is C15H21N3. The zero-order chi connectivity index (χ0) is 13.1. The Bertz CT molecular complexity index is 433. The second-order valence-electron chi connectivity index (χ2n) is 5.29. The van der Waals surface area contributed by atoms with Crippen molar-refractivity contribution in [3.63, 3.8) is 0 Å². The van der Waals surface area contributed by atoms with Gasteiger partial charge in [-0.1, -0.05) is 29.3 Å². The summed E-state index contributed by atoms with van der Waals surface area (Å²) >= 11 is 0. The number of hydrogen-bond donors (Lipinski definition) is 0. The minimum atomic E-state index is -0.0997. The van der Waals surface area contributed by atoms with Crippen LogP contribution in [0, 0.1) is 25.2 Å². The second kappa shape index (κ2) is 5.51. The molecule has 3 nitrogen and oxygen atoms in total. The first-order chi connectivity index (χ1) is 8.60. The predicted molar refractivity (Wildman–Crippen MR) is 73.3 cm³/mol. The molecule has 0 spiro atoms. The minimum Gasteiger partial charge on any atom is -0.304 e. The summed E-state index contributed by atoms with van der Waals surface area (Å²) in [6, 6.07) is 8.80. The van der Waals surface area contributed by atoms with Crippen LogP contribution in [0.4, 0.5) is 0 Å². The van der Waals surface area contributed by atoms with Gasteiger partial charge in [0.15, 0.2) is 0 Å². The van der Waals surface area contributed by atoms with Crippen LogP contribution < -0.4 is 0 Å². The molecule has 0 amide bonds. The van der Waals surface area contributed by atoms with Crippen molar-refractivity contribution in [1.29, 1.82) is 5.26 Å². The van der Waals surface area contributed by atoms with Gasteiger partial charge in [0.25, 0.3) is 0 Å². The molecule has 1 fully saturated rings. The third-order valence-corrected chi connectivity index (χ3v) is 3.59. The van der Waals surface area contributed by atoms with Gasteiger partial charge in [0.1, 0.15) is 6.04 Å². The lowest BCUT2D eigenvalue weighted by Crippen LogP contribution is -2.45. The van der Waals surface area contributed by atoms with Gasteiger partial charge in [0.2, 0.25) is 0 Å². The van der Waals surface area contributed by atoms with E-state index in [-0.39, 0.29) is 6.04 Å². The molecule has 1 saturated heterocycles. The van der Waals surface area contributed by atoms with Crippen LogP contribution in [-0.2, 0) is 0 Å². The van der Waals surface area contributed by atoms with Gasteiger partial charge in [0, 0.05) is 26.2 Å². The van der Waals surface area contributed by atoms with Crippen molar-refractivity contribution >= 4 is 0 Å². The molecule has 0 radical (unpaired) electrons. The molecule has 1 aliphatic heterocycles. The first-order valence-corrected chi connectivity index (χ1v) is 6.50. The molecule has 1 aliphatic rings. The summed E-state index contributed by atoms with van der Waals surface area (Å²) in [5.41, 5.74) is 3.61. The number of benzene rings is 1. The normalized spacial score (nSPS) is 19.4. The van der Waals surface area contributed by atoms with Crippen LogP contribution in [0.3, 0.4) is 0 Å². The molecule has 18 heavy (non-hydrogen) atoms. The fraction of sp³-hybridized carbons (Fsp3) is 0.533. The zero-order valence-corrected chi connectivity index (χ0v) is 11.5. The average Bonchev–Trinajstić information content (AvgIpc) is 2.31. The Balaban J connectivity index is 2.20. The molecular weight excluding hydrogens is 222 g/mol. The van der Waals surface area contributed by atoms with Crippen molar-refractivity contribution in [3.8, 4) is 6.07 Å². The highest BCUT2D eigenvalue weighted by Crippen LogP contribution is 2.23. The predicted octanol–water partition coefficient (Wildman–Crippen LogP) is 2.12. The molecule has 0 aromatic heterocycles. The molecule has 2 rings (SSSR count). The van der Waals surface area contributed by atoms with E-state index < -0.39 is 0 Å². The van der Waals surface area contributed by atoms with Gasteiger partial charge in [-0.2, -0.15) is 5.26 Å². The molecule has 96 valence electrons. The monoisotopic (exact) mass is 243 g/mol. The van der Waals surface area contributed by atoms with Gasteiger partial charge >= 0.3 is 0 Å². The number of rotatable bonds is 2. The van der Waals surface area contributed by atoms with Crippen molar-refractivity contribution in [2.75, 3.05) is 33.2 Å². The molecule has 0 bridgehead atoms. The maximum absolute atomic E-state index is 9.47. The van der Waals surface area contributed by atoms with Gasteiger partial charge in [0.05, 0.1) is 6.07 Å². The highest BCUT2D eigenvalue weighted by molar-refractivity contribution is 5.33. The molecule has 1 aromatic rings. The van der Waals surface area contributed by atoms with Crippen LogP contribution in [-0.4, -0.2) is 43.0 Å². The first kappa shape index (κ1) is 13.1. The third-order valence-electron chi connectivity index (χ3n) is 3.59. The molecule has 1 aromatic carbocycles. The number of likely N-dealkylation sites (N-methyl/N-ethyl adjacent to an activating group) is 1. The SMILES string of the molecule is Cc1cc(C)cc(C(C#N)N2CCN(C)CC2)c1. The van der Waals surface area contributed by atoms with Gasteiger partial charge in [-0.3, -0.25) is 4.90 Å². The molecule has 0 saturated carbocycles. The smallest absolute Gasteiger partial charge is 0.123 e. The largest absolute Gasteiger partial charge is 0.304 e. The van der Waals surface area contributed by atoms with Gasteiger partial charge in [-0.25, -0.2) is 0 Å². The quantitative estimate of drug-likeness (QED) is 0.797. The summed E-state index contributed by atoms with van der Waals surface area (Å²) in [5.74, 6) is 0. The van der Waals surface area contributed by atoms with Crippen LogP contribution in [0.5, 0.6) is 0 Å². The van der Waals surface area contributed by atoms with E-state index in [1.807, 2.05) is 0 Å². The fourth-order valence-electron chi connectivity index (χ4n) is 2.61. The van der Waals surface area contributed by atoms with E-state index in [2.05, 4.69) is 55.0 Å². The Morgan fingerprint density at radius 3 is 2.11 bits per heavy atom. The van der Waals surface area contributed by atoms with Crippen molar-refractivity contribution in [2.24, 2.45) is 0 Å². The lowest BCUT2D eigenvalue weighted by molar-refractivity contribution is 0.133. The van der Waals surface area contributed by atoms with Crippen LogP contribution in [0.25, 0.3) is 0 Å². The van der Waals surface area contributed by atoms with Gasteiger partial charge in [-0.15, -0.1) is 0 Å². The summed E-state index contributed by atoms with van der Waals surface area (Å²) < 4.78 is 0. The number of nitrogens with zero attached hydrogens (tertiary/aromatic N) is 3. The van der Waals surface area contributed by atoms with Crippen LogP contribution in [0.15, 0.2) is 18.2 Å². The van der Waals surface area contributed by atoms with Crippen molar-refractivity contribution in [2.45, 2.75) is 19.9 Å². The minimum absolute atomic E-state index is 0.0997. The van der Waals surface area contributed by atoms with E-state index >= 15 is 0 Å². The van der Waals surface area contributed by atoms with E-state index in [0.717, 1.165) is 31.7 Å². The molecule has 3 heteroatoms. The van der Waals surface area contributed by atoms with Crippen molar-refractivity contribution in [3.05, 3.63) is 34.9 Å². The number of nitriles is 1. The maximum Gasteiger partial charge on any atom is 0.123 e. The van der Waals surface area contributed by atoms with Crippen LogP contribution >= 0.6 is 0 Å². The lowest BCUT2D eigenvalue weighted by atomic mass is 10.0. The molecule has 1 heterocycles. The van der Waals surface area contributed by atoms with Crippen molar-refractivity contribution < 1.29 is 0 Å². The van der Waals surface area contributed by atoms with Gasteiger partial charge < -0.3 is 4.90 Å². The lowest BCUT2D eigenvalue weighted by Gasteiger charge is -2.35. The summed E-state index contributed by atoms with van der Waals surface area (Å²) in [4.78, 5) is 4.60. The Hall–Kier alpha value is -1.37. The maximum atomic E-state index is 9.47. The molecule has 1 atom stereocenters. The zero-order valence-electron chi connectivity index (χ0n) is 11.5. The van der Waals surface area contributed by atoms with E-state index in [0.29, 0.717) is 0 Å². The van der Waals surface area contributed by atoms with E-state index in [4.69, 9.17) is 0 Å². The number of aryl methyl sites for hydroxylation is 2. The Morgan fingerprint density at radius 2 is 1.61 bits per heavy atom. The van der Waals surface area contributed by atoms with Crippen LogP contribution in [0.2, 0.25) is 0 Å². The standard InChI is InChI=1S/C15H21N3/c1-12-8-13(2)10-14(9-12)15(11-16)18-6-4-17(3)5-7-18/h8-10,15H,4-7H2,1-3H3. The van der Waals surface area contributed by atoms with E-state index in [9.17, 15) is 5.26 Å². The third kappa shape index (κ3) is 2.90. The van der Waals surface area contributed by atoms with Gasteiger partial charge in [-0.05, 0) is 26.5 Å². The highest BCUT2D eigenvalue weighted by atomic mass is 15.3. The fourth-order valence-corrected chi connectivity index (χ4v) is 2.61. The van der Waals surface area contributed by atoms with Crippen molar-refractivity contribution in [1.82, 2.24) is 9.80 Å². The molecule has 1 unspecified atom stereocenters. The highest BCUT2D eigenvalue weighted by Gasteiger charge is 2.23. The summed E-state index contributed by atoms with van der Waals surface area (Å²) in [7, 11) is 2.13. The van der Waals surface area contributed by atoms with Crippen LogP contribution in [0.1, 0.15) is 22.7 Å². The number of piperazine rings is 1. The summed E-state index contributed by atoms with van der Waals surface area (Å²) in [5, 5.41) is 9.47. The second-order valence-corrected chi connectivity index (χ2v) is 5.29. The Morgan fingerprint density at radius 1 is 1.06 bits per heavy atom. The number of hydrogen-bond acceptors (Lipinski definition) is 3. The molecule has 0 aliphatic carbocycles. The van der Waals surface area contributed by atoms with E-state index in [1.54, 1.807) is 0 Å². The summed E-state index contributed by atoms with van der Waals surface area (Å²) in [6.45, 7) is 8.22. The average molecular weight is 243 g/mol. The Labute approximate surface area is 110 Å². The first-order valence-electron chi connectivity index (χ1n) is 6.50. The Kier molecular flexibility index (Phi) is 4.00. The summed E-state index contributed by atoms with van der Waals surface area (Å²) in [6.07, 6.45) is 0. The topological polar surface area (TPSA) is 30.3 Å². The molecule has 0 N–H and O–H groups in total. The van der Waals surface area contributed by atoms with E-state index in [1.165, 1.54) is 11.1 Å².